The molecule has 160 valence electrons. The first kappa shape index (κ1) is 22.0. The number of morpholine rings is 1. The van der Waals surface area contributed by atoms with Gasteiger partial charge in [0.2, 0.25) is 5.91 Å². The Labute approximate surface area is 180 Å². The summed E-state index contributed by atoms with van der Waals surface area (Å²) in [6.07, 6.45) is 1.91. The quantitative estimate of drug-likeness (QED) is 0.742. The van der Waals surface area contributed by atoms with Gasteiger partial charge in [0.15, 0.2) is 5.11 Å². The van der Waals surface area contributed by atoms with Crippen LogP contribution < -0.4 is 5.32 Å². The molecule has 0 aliphatic carbocycles. The van der Waals surface area contributed by atoms with E-state index in [1.165, 1.54) is 11.1 Å². The molecular formula is C22H34N4O2S. The van der Waals surface area contributed by atoms with Crippen molar-refractivity contribution < 1.29 is 9.53 Å². The SMILES string of the molecule is CC(=O)N1CCC(N(CCN2CCOCC2)C(=S)Nc2cc(C)cc(C)c2)CC1. The Morgan fingerprint density at radius 3 is 2.34 bits per heavy atom. The molecule has 1 aromatic carbocycles. The van der Waals surface area contributed by atoms with Crippen molar-refractivity contribution >= 4 is 28.9 Å². The van der Waals surface area contributed by atoms with Gasteiger partial charge in [0.05, 0.1) is 13.2 Å². The lowest BCUT2D eigenvalue weighted by atomic mass is 10.0. The Morgan fingerprint density at radius 2 is 1.76 bits per heavy atom. The summed E-state index contributed by atoms with van der Waals surface area (Å²) in [5.74, 6) is 0.166. The summed E-state index contributed by atoms with van der Waals surface area (Å²) < 4.78 is 5.48. The molecule has 0 bridgehead atoms. The van der Waals surface area contributed by atoms with Gasteiger partial charge in [-0.2, -0.15) is 0 Å². The van der Waals surface area contributed by atoms with Crippen LogP contribution in [-0.4, -0.2) is 84.2 Å². The zero-order valence-electron chi connectivity index (χ0n) is 17.9. The number of rotatable bonds is 5. The van der Waals surface area contributed by atoms with Crippen molar-refractivity contribution in [2.45, 2.75) is 39.7 Å². The summed E-state index contributed by atoms with van der Waals surface area (Å²) in [7, 11) is 0. The number of ether oxygens (including phenoxy) is 1. The minimum Gasteiger partial charge on any atom is -0.379 e. The standard InChI is InChI=1S/C22H34N4O2S/c1-17-14-18(2)16-20(15-17)23-22(29)26(9-8-24-10-12-28-13-11-24)21-4-6-25(7-5-21)19(3)27/h14-16,21H,4-13H2,1-3H3,(H,23,29). The number of nitrogens with one attached hydrogen (secondary N) is 1. The van der Waals surface area contributed by atoms with Crippen molar-refractivity contribution in [1.29, 1.82) is 0 Å². The largest absolute Gasteiger partial charge is 0.379 e. The van der Waals surface area contributed by atoms with Crippen molar-refractivity contribution in [1.82, 2.24) is 14.7 Å². The molecule has 2 fully saturated rings. The van der Waals surface area contributed by atoms with Gasteiger partial charge in [-0.15, -0.1) is 0 Å². The number of thiocarbonyl (C=S) groups is 1. The van der Waals surface area contributed by atoms with Crippen LogP contribution in [0.1, 0.15) is 30.9 Å². The highest BCUT2D eigenvalue weighted by molar-refractivity contribution is 7.80. The third-order valence-corrected chi connectivity index (χ3v) is 6.18. The highest BCUT2D eigenvalue weighted by Gasteiger charge is 2.27. The van der Waals surface area contributed by atoms with E-state index >= 15 is 0 Å². The zero-order chi connectivity index (χ0) is 20.8. The molecule has 1 amide bonds. The van der Waals surface area contributed by atoms with E-state index in [9.17, 15) is 4.79 Å². The maximum atomic E-state index is 11.7. The number of piperidine rings is 1. The smallest absolute Gasteiger partial charge is 0.219 e. The molecule has 2 aliphatic heterocycles. The zero-order valence-corrected chi connectivity index (χ0v) is 18.8. The van der Waals surface area contributed by atoms with Crippen molar-refractivity contribution in [3.63, 3.8) is 0 Å². The number of benzene rings is 1. The third-order valence-electron chi connectivity index (χ3n) is 5.85. The lowest BCUT2D eigenvalue weighted by Gasteiger charge is -2.40. The molecule has 2 saturated heterocycles. The van der Waals surface area contributed by atoms with E-state index in [2.05, 4.69) is 47.2 Å². The fraction of sp³-hybridized carbons (Fsp3) is 0.636. The number of carbonyl (C=O) groups is 1. The molecule has 6 nitrogen and oxygen atoms in total. The topological polar surface area (TPSA) is 48.1 Å². The predicted molar refractivity (Wildman–Crippen MR) is 121 cm³/mol. The lowest BCUT2D eigenvalue weighted by molar-refractivity contribution is -0.130. The molecular weight excluding hydrogens is 384 g/mol. The van der Waals surface area contributed by atoms with E-state index in [0.717, 1.165) is 76.1 Å². The monoisotopic (exact) mass is 418 g/mol. The van der Waals surface area contributed by atoms with E-state index in [-0.39, 0.29) is 5.91 Å². The Balaban J connectivity index is 1.67. The first-order valence-electron chi connectivity index (χ1n) is 10.6. The molecule has 0 atom stereocenters. The van der Waals surface area contributed by atoms with Gasteiger partial charge in [-0.05, 0) is 62.2 Å². The molecule has 0 saturated carbocycles. The number of aryl methyl sites for hydroxylation is 2. The number of hydrogen-bond donors (Lipinski definition) is 1. The molecule has 0 aromatic heterocycles. The van der Waals surface area contributed by atoms with Gasteiger partial charge in [-0.1, -0.05) is 6.07 Å². The molecule has 3 rings (SSSR count). The highest BCUT2D eigenvalue weighted by Crippen LogP contribution is 2.20. The minimum absolute atomic E-state index is 0.166. The Bertz CT molecular complexity index is 693. The highest BCUT2D eigenvalue weighted by atomic mass is 32.1. The lowest BCUT2D eigenvalue weighted by Crippen LogP contribution is -2.52. The normalized spacial score (nSPS) is 18.5. The maximum absolute atomic E-state index is 11.7. The summed E-state index contributed by atoms with van der Waals surface area (Å²) in [4.78, 5) is 18.4. The number of likely N-dealkylation sites (tertiary alicyclic amines) is 1. The summed E-state index contributed by atoms with van der Waals surface area (Å²) in [5, 5.41) is 4.26. The van der Waals surface area contributed by atoms with Crippen LogP contribution in [0.5, 0.6) is 0 Å². The first-order chi connectivity index (χ1) is 13.9. The fourth-order valence-corrected chi connectivity index (χ4v) is 4.62. The predicted octanol–water partition coefficient (Wildman–Crippen LogP) is 2.65. The van der Waals surface area contributed by atoms with Crippen LogP contribution in [0.3, 0.4) is 0 Å². The molecule has 2 aliphatic rings. The number of anilines is 1. The number of amides is 1. The average Bonchev–Trinajstić information content (AvgIpc) is 2.68. The number of nitrogens with zero attached hydrogens (tertiary/aromatic N) is 3. The Morgan fingerprint density at radius 1 is 1.14 bits per heavy atom. The number of hydrogen-bond acceptors (Lipinski definition) is 4. The fourth-order valence-electron chi connectivity index (χ4n) is 4.26. The van der Waals surface area contributed by atoms with Crippen molar-refractivity contribution in [3.05, 3.63) is 29.3 Å². The third kappa shape index (κ3) is 6.39. The first-order valence-corrected chi connectivity index (χ1v) is 11.0. The van der Waals surface area contributed by atoms with Crippen molar-refractivity contribution in [2.75, 3.05) is 57.8 Å². The minimum atomic E-state index is 0.166. The molecule has 0 radical (unpaired) electrons. The van der Waals surface area contributed by atoms with Crippen LogP contribution >= 0.6 is 12.2 Å². The Hall–Kier alpha value is -1.70. The van der Waals surface area contributed by atoms with E-state index in [0.29, 0.717) is 6.04 Å². The second-order valence-electron chi connectivity index (χ2n) is 8.19. The molecule has 2 heterocycles. The van der Waals surface area contributed by atoms with E-state index < -0.39 is 0 Å². The summed E-state index contributed by atoms with van der Waals surface area (Å²) in [5.41, 5.74) is 3.50. The van der Waals surface area contributed by atoms with Gasteiger partial charge in [0.25, 0.3) is 0 Å². The van der Waals surface area contributed by atoms with Gasteiger partial charge < -0.3 is 19.9 Å². The van der Waals surface area contributed by atoms with Gasteiger partial charge in [-0.25, -0.2) is 0 Å². The van der Waals surface area contributed by atoms with E-state index in [4.69, 9.17) is 17.0 Å². The van der Waals surface area contributed by atoms with Gasteiger partial charge in [0.1, 0.15) is 0 Å². The van der Waals surface area contributed by atoms with Gasteiger partial charge in [0, 0.05) is 57.9 Å². The second-order valence-corrected chi connectivity index (χ2v) is 8.58. The average molecular weight is 419 g/mol. The van der Waals surface area contributed by atoms with Gasteiger partial charge >= 0.3 is 0 Å². The molecule has 0 spiro atoms. The molecule has 1 aromatic rings. The molecule has 7 heteroatoms. The van der Waals surface area contributed by atoms with Crippen LogP contribution in [0, 0.1) is 13.8 Å². The van der Waals surface area contributed by atoms with Crippen molar-refractivity contribution in [3.8, 4) is 0 Å². The van der Waals surface area contributed by atoms with Crippen LogP contribution in [0.15, 0.2) is 18.2 Å². The van der Waals surface area contributed by atoms with Crippen LogP contribution in [0.2, 0.25) is 0 Å². The Kier molecular flexibility index (Phi) is 7.86. The molecule has 29 heavy (non-hydrogen) atoms. The van der Waals surface area contributed by atoms with Crippen LogP contribution in [0.4, 0.5) is 5.69 Å². The van der Waals surface area contributed by atoms with Gasteiger partial charge in [-0.3, -0.25) is 9.69 Å². The second kappa shape index (κ2) is 10.4. The van der Waals surface area contributed by atoms with E-state index in [1.807, 2.05) is 4.90 Å². The molecule has 0 unspecified atom stereocenters. The summed E-state index contributed by atoms with van der Waals surface area (Å²) >= 11 is 5.86. The number of carbonyl (C=O) groups excluding carboxylic acids is 1. The summed E-state index contributed by atoms with van der Waals surface area (Å²) in [6.45, 7) is 12.9. The van der Waals surface area contributed by atoms with Crippen molar-refractivity contribution in [2.24, 2.45) is 0 Å². The molecule has 1 N–H and O–H groups in total. The summed E-state index contributed by atoms with van der Waals surface area (Å²) in [6, 6.07) is 6.80. The van der Waals surface area contributed by atoms with Crippen LogP contribution in [-0.2, 0) is 9.53 Å². The van der Waals surface area contributed by atoms with E-state index in [1.54, 1.807) is 6.92 Å². The van der Waals surface area contributed by atoms with Crippen LogP contribution in [0.25, 0.3) is 0 Å². The maximum Gasteiger partial charge on any atom is 0.219 e.